The first kappa shape index (κ1) is 13.1. The molecule has 8 heteroatoms. The SMILES string of the molecule is CC(C)c1nn(C)c(Nc2ccn(C)n2)c1[N+](=O)[O-]. The van der Waals surface area contributed by atoms with Gasteiger partial charge >= 0.3 is 5.69 Å². The molecule has 0 atom stereocenters. The molecular weight excluding hydrogens is 248 g/mol. The van der Waals surface area contributed by atoms with E-state index in [0.29, 0.717) is 17.3 Å². The highest BCUT2D eigenvalue weighted by molar-refractivity contribution is 5.66. The van der Waals surface area contributed by atoms with Crippen molar-refractivity contribution in [3.05, 3.63) is 28.1 Å². The van der Waals surface area contributed by atoms with E-state index in [-0.39, 0.29) is 11.6 Å². The van der Waals surface area contributed by atoms with E-state index in [0.717, 1.165) is 0 Å². The Hall–Kier alpha value is -2.38. The van der Waals surface area contributed by atoms with E-state index in [2.05, 4.69) is 15.5 Å². The van der Waals surface area contributed by atoms with Crippen LogP contribution in [0.1, 0.15) is 25.5 Å². The minimum absolute atomic E-state index is 0.00292. The Morgan fingerprint density at radius 3 is 2.53 bits per heavy atom. The molecule has 0 aliphatic rings. The summed E-state index contributed by atoms with van der Waals surface area (Å²) in [6.07, 6.45) is 1.76. The molecule has 19 heavy (non-hydrogen) atoms. The van der Waals surface area contributed by atoms with Crippen molar-refractivity contribution >= 4 is 17.3 Å². The summed E-state index contributed by atoms with van der Waals surface area (Å²) < 4.78 is 3.09. The zero-order valence-electron chi connectivity index (χ0n) is 11.3. The Morgan fingerprint density at radius 2 is 2.05 bits per heavy atom. The number of anilines is 2. The van der Waals surface area contributed by atoms with Crippen LogP contribution in [0.2, 0.25) is 0 Å². The normalized spacial score (nSPS) is 11.0. The average molecular weight is 264 g/mol. The highest BCUT2D eigenvalue weighted by atomic mass is 16.6. The molecule has 8 nitrogen and oxygen atoms in total. The van der Waals surface area contributed by atoms with E-state index in [4.69, 9.17) is 0 Å². The zero-order chi connectivity index (χ0) is 14.2. The van der Waals surface area contributed by atoms with Crippen molar-refractivity contribution in [1.29, 1.82) is 0 Å². The van der Waals surface area contributed by atoms with Crippen molar-refractivity contribution in [2.24, 2.45) is 14.1 Å². The van der Waals surface area contributed by atoms with E-state index in [9.17, 15) is 10.1 Å². The van der Waals surface area contributed by atoms with Gasteiger partial charge in [0.25, 0.3) is 0 Å². The van der Waals surface area contributed by atoms with Crippen molar-refractivity contribution in [2.75, 3.05) is 5.32 Å². The van der Waals surface area contributed by atoms with Crippen molar-refractivity contribution in [3.63, 3.8) is 0 Å². The van der Waals surface area contributed by atoms with Gasteiger partial charge < -0.3 is 5.32 Å². The maximum absolute atomic E-state index is 11.2. The second kappa shape index (κ2) is 4.71. The lowest BCUT2D eigenvalue weighted by Gasteiger charge is -2.02. The second-order valence-electron chi connectivity index (χ2n) is 4.62. The number of nitrogens with zero attached hydrogens (tertiary/aromatic N) is 5. The van der Waals surface area contributed by atoms with Gasteiger partial charge in [-0.3, -0.25) is 14.8 Å². The van der Waals surface area contributed by atoms with Crippen LogP contribution in [0.15, 0.2) is 12.3 Å². The highest BCUT2D eigenvalue weighted by Gasteiger charge is 2.28. The lowest BCUT2D eigenvalue weighted by atomic mass is 10.1. The van der Waals surface area contributed by atoms with E-state index < -0.39 is 4.92 Å². The zero-order valence-corrected chi connectivity index (χ0v) is 11.3. The summed E-state index contributed by atoms with van der Waals surface area (Å²) in [5, 5.41) is 22.5. The van der Waals surface area contributed by atoms with Gasteiger partial charge in [-0.1, -0.05) is 13.8 Å². The van der Waals surface area contributed by atoms with Crippen molar-refractivity contribution < 1.29 is 4.92 Å². The largest absolute Gasteiger partial charge is 0.334 e. The molecule has 102 valence electrons. The van der Waals surface area contributed by atoms with E-state index in [1.165, 1.54) is 4.68 Å². The minimum atomic E-state index is -0.409. The van der Waals surface area contributed by atoms with Crippen LogP contribution in [0, 0.1) is 10.1 Å². The van der Waals surface area contributed by atoms with Crippen LogP contribution in [0.5, 0.6) is 0 Å². The Bertz CT molecular complexity index is 613. The molecule has 2 heterocycles. The summed E-state index contributed by atoms with van der Waals surface area (Å²) >= 11 is 0. The van der Waals surface area contributed by atoms with Crippen LogP contribution in [-0.4, -0.2) is 24.5 Å². The molecular formula is C11H16N6O2. The number of hydrogen-bond acceptors (Lipinski definition) is 5. The molecule has 0 unspecified atom stereocenters. The van der Waals surface area contributed by atoms with Gasteiger partial charge in [0.1, 0.15) is 5.69 Å². The molecule has 0 aliphatic carbocycles. The first-order valence-electron chi connectivity index (χ1n) is 5.88. The fraction of sp³-hybridized carbons (Fsp3) is 0.455. The quantitative estimate of drug-likeness (QED) is 0.673. The van der Waals surface area contributed by atoms with Gasteiger partial charge in [-0.2, -0.15) is 10.2 Å². The van der Waals surface area contributed by atoms with Crippen LogP contribution in [0.3, 0.4) is 0 Å². The van der Waals surface area contributed by atoms with Gasteiger partial charge in [-0.15, -0.1) is 0 Å². The third-order valence-corrected chi connectivity index (χ3v) is 2.74. The molecule has 0 saturated heterocycles. The molecule has 0 bridgehead atoms. The number of rotatable bonds is 4. The summed E-state index contributed by atoms with van der Waals surface area (Å²) in [4.78, 5) is 10.8. The molecule has 0 spiro atoms. The number of hydrogen-bond donors (Lipinski definition) is 1. The number of nitro groups is 1. The number of nitrogens with one attached hydrogen (secondary N) is 1. The summed E-state index contributed by atoms with van der Waals surface area (Å²) in [6.45, 7) is 3.75. The van der Waals surface area contributed by atoms with Gasteiger partial charge in [0.2, 0.25) is 5.82 Å². The standard InChI is InChI=1S/C11H16N6O2/c1-7(2)9-10(17(18)19)11(16(4)14-9)12-8-5-6-15(3)13-8/h5-7H,1-4H3,(H,12,13). The molecule has 1 N–H and O–H groups in total. The van der Waals surface area contributed by atoms with Crippen LogP contribution in [0.4, 0.5) is 17.3 Å². The summed E-state index contributed by atoms with van der Waals surface area (Å²) in [7, 11) is 3.45. The predicted octanol–water partition coefficient (Wildman–Crippen LogP) is 1.93. The molecule has 0 amide bonds. The Balaban J connectivity index is 2.47. The second-order valence-corrected chi connectivity index (χ2v) is 4.62. The third-order valence-electron chi connectivity index (χ3n) is 2.74. The predicted molar refractivity (Wildman–Crippen MR) is 70.4 cm³/mol. The van der Waals surface area contributed by atoms with Crippen LogP contribution >= 0.6 is 0 Å². The van der Waals surface area contributed by atoms with E-state index in [1.807, 2.05) is 13.8 Å². The third kappa shape index (κ3) is 2.42. The van der Waals surface area contributed by atoms with Gasteiger partial charge in [0.05, 0.1) is 4.92 Å². The average Bonchev–Trinajstić information content (AvgIpc) is 2.84. The molecule has 2 rings (SSSR count). The van der Waals surface area contributed by atoms with Crippen LogP contribution in [-0.2, 0) is 14.1 Å². The number of aryl methyl sites for hydroxylation is 2. The Labute approximate surface area is 110 Å². The van der Waals surface area contributed by atoms with Gasteiger partial charge in [-0.05, 0) is 0 Å². The summed E-state index contributed by atoms with van der Waals surface area (Å²) in [6, 6.07) is 1.74. The monoisotopic (exact) mass is 264 g/mol. The van der Waals surface area contributed by atoms with E-state index in [1.54, 1.807) is 31.0 Å². The molecule has 0 aliphatic heterocycles. The number of aromatic nitrogens is 4. The summed E-state index contributed by atoms with van der Waals surface area (Å²) in [5.41, 5.74) is 0.467. The molecule has 2 aromatic heterocycles. The van der Waals surface area contributed by atoms with Crippen molar-refractivity contribution in [3.8, 4) is 0 Å². The highest BCUT2D eigenvalue weighted by Crippen LogP contribution is 2.34. The molecule has 2 aromatic rings. The van der Waals surface area contributed by atoms with Crippen LogP contribution in [0.25, 0.3) is 0 Å². The van der Waals surface area contributed by atoms with Gasteiger partial charge in [0, 0.05) is 32.3 Å². The molecule has 0 saturated carbocycles. The lowest BCUT2D eigenvalue weighted by Crippen LogP contribution is -2.02. The van der Waals surface area contributed by atoms with Gasteiger partial charge in [-0.25, -0.2) is 4.68 Å². The minimum Gasteiger partial charge on any atom is -0.318 e. The fourth-order valence-electron chi connectivity index (χ4n) is 1.85. The summed E-state index contributed by atoms with van der Waals surface area (Å²) in [5.74, 6) is 0.863. The first-order chi connectivity index (χ1) is 8.90. The van der Waals surface area contributed by atoms with Crippen LogP contribution < -0.4 is 5.32 Å². The molecule has 0 aromatic carbocycles. The van der Waals surface area contributed by atoms with Crippen molar-refractivity contribution in [2.45, 2.75) is 19.8 Å². The molecule has 0 radical (unpaired) electrons. The van der Waals surface area contributed by atoms with E-state index >= 15 is 0 Å². The van der Waals surface area contributed by atoms with Gasteiger partial charge in [0.15, 0.2) is 5.82 Å². The first-order valence-corrected chi connectivity index (χ1v) is 5.88. The molecule has 0 fully saturated rings. The smallest absolute Gasteiger partial charge is 0.318 e. The maximum Gasteiger partial charge on any atom is 0.334 e. The fourth-order valence-corrected chi connectivity index (χ4v) is 1.85. The maximum atomic E-state index is 11.2. The van der Waals surface area contributed by atoms with Crippen molar-refractivity contribution in [1.82, 2.24) is 19.6 Å². The Morgan fingerprint density at radius 1 is 1.37 bits per heavy atom. The lowest BCUT2D eigenvalue weighted by molar-refractivity contribution is -0.384. The Kier molecular flexibility index (Phi) is 3.24. The topological polar surface area (TPSA) is 90.8 Å².